The highest BCUT2D eigenvalue weighted by molar-refractivity contribution is 5.63. The molecule has 0 fully saturated rings. The van der Waals surface area contributed by atoms with E-state index in [1.54, 1.807) is 24.3 Å². The van der Waals surface area contributed by atoms with Crippen LogP contribution in [0, 0.1) is 5.82 Å². The number of anilines is 4. The highest BCUT2D eigenvalue weighted by atomic mass is 19.4. The fourth-order valence-corrected chi connectivity index (χ4v) is 2.53. The molecule has 0 atom stereocenters. The molecule has 0 saturated heterocycles. The summed E-state index contributed by atoms with van der Waals surface area (Å²) in [5.41, 5.74) is -0.661. The lowest BCUT2D eigenvalue weighted by molar-refractivity contribution is -0.137. The van der Waals surface area contributed by atoms with Gasteiger partial charge >= 0.3 is 6.18 Å². The lowest BCUT2D eigenvalue weighted by Crippen LogP contribution is -2.13. The number of unbranched alkanes of at least 4 members (excludes halogenated alkanes) is 1. The van der Waals surface area contributed by atoms with Crippen LogP contribution in [0.5, 0.6) is 5.75 Å². The summed E-state index contributed by atoms with van der Waals surface area (Å²) >= 11 is 0. The van der Waals surface area contributed by atoms with Crippen molar-refractivity contribution in [1.82, 2.24) is 9.97 Å². The number of hydrogen-bond acceptors (Lipinski definition) is 5. The van der Waals surface area contributed by atoms with Gasteiger partial charge in [-0.05, 0) is 42.8 Å². The first-order chi connectivity index (χ1) is 14.4. The molecule has 2 aromatic carbocycles. The van der Waals surface area contributed by atoms with Gasteiger partial charge in [0.1, 0.15) is 22.9 Å². The number of nitrogens with zero attached hydrogens (tertiary/aromatic N) is 2. The number of ether oxygens (including phenoxy) is 1. The Bertz CT molecular complexity index is 977. The van der Waals surface area contributed by atoms with Crippen molar-refractivity contribution in [1.29, 1.82) is 0 Å². The molecule has 158 valence electrons. The first-order valence-electron chi connectivity index (χ1n) is 9.32. The lowest BCUT2D eigenvalue weighted by Gasteiger charge is -2.15. The topological polar surface area (TPSA) is 59.1 Å². The van der Waals surface area contributed by atoms with Crippen LogP contribution in [0.3, 0.4) is 0 Å². The van der Waals surface area contributed by atoms with E-state index in [1.165, 1.54) is 18.2 Å². The van der Waals surface area contributed by atoms with Crippen molar-refractivity contribution in [3.8, 4) is 5.75 Å². The molecule has 0 amide bonds. The van der Waals surface area contributed by atoms with Crippen molar-refractivity contribution in [2.75, 3.05) is 17.2 Å². The Balaban J connectivity index is 1.81. The number of hydrogen-bond donors (Lipinski definition) is 2. The van der Waals surface area contributed by atoms with E-state index in [9.17, 15) is 17.6 Å². The molecule has 1 aromatic heterocycles. The number of alkyl halides is 3. The molecule has 2 N–H and O–H groups in total. The number of para-hydroxylation sites is 1. The molecule has 1 heterocycles. The number of benzene rings is 2. The summed E-state index contributed by atoms with van der Waals surface area (Å²) in [6.07, 6.45) is -2.09. The first kappa shape index (κ1) is 21.4. The summed E-state index contributed by atoms with van der Waals surface area (Å²) in [7, 11) is 0. The maximum absolute atomic E-state index is 13.9. The van der Waals surface area contributed by atoms with Gasteiger partial charge in [-0.25, -0.2) is 9.37 Å². The second kappa shape index (κ2) is 9.43. The number of rotatable bonds is 8. The molecule has 0 unspecified atom stereocenters. The molecule has 30 heavy (non-hydrogen) atoms. The summed E-state index contributed by atoms with van der Waals surface area (Å²) in [5, 5.41) is 5.24. The molecular formula is C21H20F4N4O. The van der Waals surface area contributed by atoms with Gasteiger partial charge in [0.2, 0.25) is 5.95 Å². The number of halogens is 4. The van der Waals surface area contributed by atoms with Crippen molar-refractivity contribution in [3.05, 3.63) is 66.1 Å². The zero-order valence-electron chi connectivity index (χ0n) is 16.1. The molecule has 5 nitrogen and oxygen atoms in total. The van der Waals surface area contributed by atoms with Gasteiger partial charge in [0.25, 0.3) is 0 Å². The van der Waals surface area contributed by atoms with E-state index in [0.717, 1.165) is 18.9 Å². The standard InChI is InChI=1S/C21H20F4N4O/c1-2-3-12-30-15-10-8-14(9-11-15)27-20-26-13-16(21(23,24)25)19(29-20)28-18-7-5-4-6-17(18)22/h4-11,13H,2-3,12H2,1H3,(H2,26,27,28,29). The zero-order chi connectivity index (χ0) is 21.6. The van der Waals surface area contributed by atoms with Gasteiger partial charge in [0.05, 0.1) is 12.3 Å². The molecule has 0 spiro atoms. The van der Waals surface area contributed by atoms with E-state index in [1.807, 2.05) is 0 Å². The molecule has 3 rings (SSSR count). The molecule has 0 aliphatic rings. The minimum Gasteiger partial charge on any atom is -0.494 e. The molecular weight excluding hydrogens is 400 g/mol. The summed E-state index contributed by atoms with van der Waals surface area (Å²) in [5.74, 6) is -0.632. The quantitative estimate of drug-likeness (QED) is 0.331. The Hall–Kier alpha value is -3.36. The largest absolute Gasteiger partial charge is 0.494 e. The fraction of sp³-hybridized carbons (Fsp3) is 0.238. The number of aromatic nitrogens is 2. The van der Waals surface area contributed by atoms with Crippen LogP contribution in [-0.2, 0) is 6.18 Å². The van der Waals surface area contributed by atoms with Gasteiger partial charge in [0, 0.05) is 11.9 Å². The van der Waals surface area contributed by atoms with Crippen LogP contribution < -0.4 is 15.4 Å². The minimum absolute atomic E-state index is 0.0681. The summed E-state index contributed by atoms with van der Waals surface area (Å²) in [6, 6.07) is 12.3. The predicted octanol–water partition coefficient (Wildman–Crippen LogP) is 6.30. The monoisotopic (exact) mass is 420 g/mol. The van der Waals surface area contributed by atoms with Crippen molar-refractivity contribution in [2.45, 2.75) is 25.9 Å². The van der Waals surface area contributed by atoms with Gasteiger partial charge < -0.3 is 15.4 Å². The molecule has 3 aromatic rings. The van der Waals surface area contributed by atoms with E-state index in [4.69, 9.17) is 4.74 Å². The summed E-state index contributed by atoms with van der Waals surface area (Å²) in [4.78, 5) is 7.64. The average molecular weight is 420 g/mol. The van der Waals surface area contributed by atoms with E-state index >= 15 is 0 Å². The zero-order valence-corrected chi connectivity index (χ0v) is 16.1. The van der Waals surface area contributed by atoms with E-state index < -0.39 is 23.4 Å². The van der Waals surface area contributed by atoms with Crippen molar-refractivity contribution >= 4 is 23.1 Å². The van der Waals surface area contributed by atoms with E-state index in [0.29, 0.717) is 24.2 Å². The Labute approximate surface area is 171 Å². The van der Waals surface area contributed by atoms with Crippen molar-refractivity contribution in [3.63, 3.8) is 0 Å². The average Bonchev–Trinajstić information content (AvgIpc) is 2.70. The second-order valence-electron chi connectivity index (χ2n) is 6.41. The minimum atomic E-state index is -4.70. The summed E-state index contributed by atoms with van der Waals surface area (Å²) in [6.45, 7) is 2.67. The van der Waals surface area contributed by atoms with Gasteiger partial charge in [0.15, 0.2) is 0 Å². The molecule has 0 bridgehead atoms. The fourth-order valence-electron chi connectivity index (χ4n) is 2.53. The normalized spacial score (nSPS) is 11.2. The Morgan fingerprint density at radius 2 is 1.73 bits per heavy atom. The summed E-state index contributed by atoms with van der Waals surface area (Å²) < 4.78 is 59.5. The van der Waals surface area contributed by atoms with Gasteiger partial charge in [-0.3, -0.25) is 0 Å². The van der Waals surface area contributed by atoms with Crippen LogP contribution in [0.15, 0.2) is 54.7 Å². The molecule has 9 heteroatoms. The van der Waals surface area contributed by atoms with E-state index in [2.05, 4.69) is 27.5 Å². The maximum Gasteiger partial charge on any atom is 0.421 e. The van der Waals surface area contributed by atoms with Gasteiger partial charge in [-0.15, -0.1) is 0 Å². The SMILES string of the molecule is CCCCOc1ccc(Nc2ncc(C(F)(F)F)c(Nc3ccccc3F)n2)cc1. The second-order valence-corrected chi connectivity index (χ2v) is 6.41. The van der Waals surface area contributed by atoms with Crippen LogP contribution >= 0.6 is 0 Å². The molecule has 0 aliphatic heterocycles. The molecule has 0 saturated carbocycles. The van der Waals surface area contributed by atoms with Crippen LogP contribution in [0.25, 0.3) is 0 Å². The lowest BCUT2D eigenvalue weighted by atomic mass is 10.2. The predicted molar refractivity (Wildman–Crippen MR) is 107 cm³/mol. The third-order valence-electron chi connectivity index (χ3n) is 4.10. The Kier molecular flexibility index (Phi) is 6.71. The first-order valence-corrected chi connectivity index (χ1v) is 9.32. The number of nitrogens with one attached hydrogen (secondary N) is 2. The van der Waals surface area contributed by atoms with E-state index in [-0.39, 0.29) is 11.6 Å². The van der Waals surface area contributed by atoms with Crippen LogP contribution in [0.4, 0.5) is 40.7 Å². The highest BCUT2D eigenvalue weighted by Crippen LogP contribution is 2.35. The highest BCUT2D eigenvalue weighted by Gasteiger charge is 2.35. The third kappa shape index (κ3) is 5.59. The maximum atomic E-state index is 13.9. The van der Waals surface area contributed by atoms with Gasteiger partial charge in [-0.2, -0.15) is 18.2 Å². The van der Waals surface area contributed by atoms with Crippen molar-refractivity contribution in [2.24, 2.45) is 0 Å². The molecule has 0 aliphatic carbocycles. The Morgan fingerprint density at radius 1 is 1.00 bits per heavy atom. The van der Waals surface area contributed by atoms with Crippen LogP contribution in [-0.4, -0.2) is 16.6 Å². The molecule has 0 radical (unpaired) electrons. The van der Waals surface area contributed by atoms with Crippen molar-refractivity contribution < 1.29 is 22.3 Å². The van der Waals surface area contributed by atoms with Crippen LogP contribution in [0.2, 0.25) is 0 Å². The Morgan fingerprint density at radius 3 is 2.40 bits per heavy atom. The smallest absolute Gasteiger partial charge is 0.421 e. The third-order valence-corrected chi connectivity index (χ3v) is 4.10. The van der Waals surface area contributed by atoms with Crippen LogP contribution in [0.1, 0.15) is 25.3 Å². The van der Waals surface area contributed by atoms with Gasteiger partial charge in [-0.1, -0.05) is 25.5 Å².